The van der Waals surface area contributed by atoms with Gasteiger partial charge in [0, 0.05) is 25.1 Å². The predicted octanol–water partition coefficient (Wildman–Crippen LogP) is 2.22. The van der Waals surface area contributed by atoms with Gasteiger partial charge in [0.15, 0.2) is 0 Å². The van der Waals surface area contributed by atoms with Crippen LogP contribution in [-0.2, 0) is 7.05 Å². The van der Waals surface area contributed by atoms with E-state index in [0.29, 0.717) is 13.2 Å². The van der Waals surface area contributed by atoms with Crippen molar-refractivity contribution < 1.29 is 14.6 Å². The van der Waals surface area contributed by atoms with Gasteiger partial charge in [-0.3, -0.25) is 0 Å². The first-order valence-electron chi connectivity index (χ1n) is 6.86. The second-order valence-corrected chi connectivity index (χ2v) is 5.13. The molecule has 0 aliphatic carbocycles. The Labute approximate surface area is 122 Å². The molecule has 0 saturated carbocycles. The Morgan fingerprint density at radius 1 is 1.57 bits per heavy atom. The summed E-state index contributed by atoms with van der Waals surface area (Å²) in [5, 5.41) is 11.2. The van der Waals surface area contributed by atoms with Gasteiger partial charge in [0.05, 0.1) is 24.8 Å². The largest absolute Gasteiger partial charge is 0.493 e. The van der Waals surface area contributed by atoms with Crippen molar-refractivity contribution in [2.45, 2.75) is 12.3 Å². The third-order valence-electron chi connectivity index (χ3n) is 3.79. The van der Waals surface area contributed by atoms with Gasteiger partial charge in [0.2, 0.25) is 0 Å². The molecule has 2 heterocycles. The fourth-order valence-corrected chi connectivity index (χ4v) is 2.74. The summed E-state index contributed by atoms with van der Waals surface area (Å²) in [5.74, 6) is 0.975. The summed E-state index contributed by atoms with van der Waals surface area (Å²) in [5.41, 5.74) is 3.03. The number of carbonyl (C=O) groups is 1. The molecule has 0 radical (unpaired) electrons. The van der Waals surface area contributed by atoms with Gasteiger partial charge < -0.3 is 19.7 Å². The average Bonchev–Trinajstić information content (AvgIpc) is 2.90. The molecule has 0 spiro atoms. The lowest BCUT2D eigenvalue weighted by atomic mass is 9.90. The van der Waals surface area contributed by atoms with Crippen LogP contribution >= 0.6 is 0 Å². The zero-order valence-corrected chi connectivity index (χ0v) is 11.7. The molecular formula is C15H17N3O3. The monoisotopic (exact) mass is 287 g/mol. The van der Waals surface area contributed by atoms with Gasteiger partial charge in [0.1, 0.15) is 5.75 Å². The topological polar surface area (TPSA) is 76.4 Å². The Hall–Kier alpha value is -2.50. The highest BCUT2D eigenvalue weighted by molar-refractivity contribution is 5.70. The molecule has 1 amide bonds. The van der Waals surface area contributed by atoms with Crippen molar-refractivity contribution >= 4 is 6.09 Å². The second kappa shape index (κ2) is 5.47. The molecule has 6 heteroatoms. The number of imidazole rings is 1. The number of aryl methyl sites for hydroxylation is 1. The van der Waals surface area contributed by atoms with Gasteiger partial charge in [-0.2, -0.15) is 0 Å². The van der Waals surface area contributed by atoms with Crippen molar-refractivity contribution in [3.05, 3.63) is 36.3 Å². The van der Waals surface area contributed by atoms with Crippen LogP contribution in [0.15, 0.2) is 30.7 Å². The fraction of sp³-hybridized carbons (Fsp3) is 0.333. The molecule has 0 saturated heterocycles. The number of aromatic nitrogens is 2. The molecule has 1 aliphatic heterocycles. The summed E-state index contributed by atoms with van der Waals surface area (Å²) >= 11 is 0. The summed E-state index contributed by atoms with van der Waals surface area (Å²) in [6.07, 6.45) is 3.37. The lowest BCUT2D eigenvalue weighted by Crippen LogP contribution is -2.29. The number of hydrogen-bond acceptors (Lipinski definition) is 3. The van der Waals surface area contributed by atoms with E-state index < -0.39 is 6.09 Å². The molecule has 110 valence electrons. The van der Waals surface area contributed by atoms with Gasteiger partial charge in [-0.15, -0.1) is 0 Å². The Morgan fingerprint density at radius 2 is 2.43 bits per heavy atom. The van der Waals surface area contributed by atoms with Gasteiger partial charge in [-0.25, -0.2) is 9.78 Å². The van der Waals surface area contributed by atoms with E-state index in [4.69, 9.17) is 9.84 Å². The highest BCUT2D eigenvalue weighted by atomic mass is 16.5. The molecular weight excluding hydrogens is 270 g/mol. The zero-order valence-electron chi connectivity index (χ0n) is 11.7. The lowest BCUT2D eigenvalue weighted by molar-refractivity contribution is 0.191. The summed E-state index contributed by atoms with van der Waals surface area (Å²) in [6, 6.07) is 5.98. The SMILES string of the molecule is Cn1cncc1-c1cccc2c1OCCC2CNC(=O)O. The van der Waals surface area contributed by atoms with E-state index in [0.717, 1.165) is 29.0 Å². The average molecular weight is 287 g/mol. The molecule has 1 aromatic heterocycles. The minimum absolute atomic E-state index is 0.137. The van der Waals surface area contributed by atoms with E-state index in [1.165, 1.54) is 0 Å². The van der Waals surface area contributed by atoms with Crippen molar-refractivity contribution in [1.29, 1.82) is 0 Å². The molecule has 0 fully saturated rings. The van der Waals surface area contributed by atoms with E-state index in [1.54, 1.807) is 12.5 Å². The molecule has 2 N–H and O–H groups in total. The quantitative estimate of drug-likeness (QED) is 0.907. The summed E-state index contributed by atoms with van der Waals surface area (Å²) in [6.45, 7) is 0.994. The van der Waals surface area contributed by atoms with E-state index in [2.05, 4.69) is 10.3 Å². The third kappa shape index (κ3) is 2.56. The number of nitrogens with zero attached hydrogens (tertiary/aromatic N) is 2. The number of nitrogens with one attached hydrogen (secondary N) is 1. The summed E-state index contributed by atoms with van der Waals surface area (Å²) in [4.78, 5) is 14.8. The molecule has 1 unspecified atom stereocenters. The van der Waals surface area contributed by atoms with Crippen LogP contribution in [0.3, 0.4) is 0 Å². The molecule has 1 aliphatic rings. The Bertz CT molecular complexity index is 666. The highest BCUT2D eigenvalue weighted by Crippen LogP contribution is 2.40. The van der Waals surface area contributed by atoms with Crippen LogP contribution in [0.1, 0.15) is 17.9 Å². The van der Waals surface area contributed by atoms with Crippen molar-refractivity contribution in [3.8, 4) is 17.0 Å². The van der Waals surface area contributed by atoms with Crippen molar-refractivity contribution in [2.75, 3.05) is 13.2 Å². The molecule has 6 nitrogen and oxygen atoms in total. The molecule has 21 heavy (non-hydrogen) atoms. The lowest BCUT2D eigenvalue weighted by Gasteiger charge is -2.27. The number of para-hydroxylation sites is 1. The van der Waals surface area contributed by atoms with Gasteiger partial charge >= 0.3 is 6.09 Å². The number of fused-ring (bicyclic) bond motifs is 1. The van der Waals surface area contributed by atoms with E-state index in [9.17, 15) is 4.79 Å². The predicted molar refractivity (Wildman–Crippen MR) is 77.5 cm³/mol. The van der Waals surface area contributed by atoms with Gasteiger partial charge in [-0.05, 0) is 18.1 Å². The number of rotatable bonds is 3. The number of amides is 1. The number of benzene rings is 1. The van der Waals surface area contributed by atoms with Crippen LogP contribution in [0.5, 0.6) is 5.75 Å². The highest BCUT2D eigenvalue weighted by Gasteiger charge is 2.25. The maximum Gasteiger partial charge on any atom is 0.404 e. The number of carboxylic acid groups (broad SMARTS) is 1. The van der Waals surface area contributed by atoms with Gasteiger partial charge in [0.25, 0.3) is 0 Å². The molecule has 3 rings (SSSR count). The van der Waals surface area contributed by atoms with Crippen LogP contribution in [0, 0.1) is 0 Å². The van der Waals surface area contributed by atoms with Crippen molar-refractivity contribution in [3.63, 3.8) is 0 Å². The normalized spacial score (nSPS) is 16.9. The van der Waals surface area contributed by atoms with Crippen molar-refractivity contribution in [1.82, 2.24) is 14.9 Å². The van der Waals surface area contributed by atoms with Crippen LogP contribution in [0.25, 0.3) is 11.3 Å². The summed E-state index contributed by atoms with van der Waals surface area (Å²) in [7, 11) is 1.94. The Kier molecular flexibility index (Phi) is 3.51. The van der Waals surface area contributed by atoms with Crippen LogP contribution in [-0.4, -0.2) is 33.9 Å². The number of hydrogen-bond donors (Lipinski definition) is 2. The van der Waals surface area contributed by atoms with E-state index >= 15 is 0 Å². The molecule has 1 aromatic carbocycles. The standard InChI is InChI=1S/C15H17N3O3/c1-18-9-16-8-13(18)12-4-2-3-11-10(7-17-15(19)20)5-6-21-14(11)12/h2-4,8-10,17H,5-7H2,1H3,(H,19,20). The number of ether oxygens (including phenoxy) is 1. The summed E-state index contributed by atoms with van der Waals surface area (Å²) < 4.78 is 7.80. The molecule has 1 atom stereocenters. The first-order valence-corrected chi connectivity index (χ1v) is 6.86. The third-order valence-corrected chi connectivity index (χ3v) is 3.79. The first-order chi connectivity index (χ1) is 10.2. The van der Waals surface area contributed by atoms with Crippen LogP contribution in [0.4, 0.5) is 4.79 Å². The minimum Gasteiger partial charge on any atom is -0.493 e. The van der Waals surface area contributed by atoms with E-state index in [-0.39, 0.29) is 5.92 Å². The minimum atomic E-state index is -0.995. The van der Waals surface area contributed by atoms with Gasteiger partial charge in [-0.1, -0.05) is 12.1 Å². The molecule has 0 bridgehead atoms. The molecule has 2 aromatic rings. The zero-order chi connectivity index (χ0) is 14.8. The second-order valence-electron chi connectivity index (χ2n) is 5.13. The van der Waals surface area contributed by atoms with E-state index in [1.807, 2.05) is 29.8 Å². The first kappa shape index (κ1) is 13.5. The smallest absolute Gasteiger partial charge is 0.404 e. The maximum absolute atomic E-state index is 10.7. The van der Waals surface area contributed by atoms with Crippen molar-refractivity contribution in [2.24, 2.45) is 7.05 Å². The Morgan fingerprint density at radius 3 is 3.14 bits per heavy atom. The fourth-order valence-electron chi connectivity index (χ4n) is 2.74. The maximum atomic E-state index is 10.7. The van der Waals surface area contributed by atoms with Crippen LogP contribution < -0.4 is 10.1 Å². The Balaban J connectivity index is 1.98. The van der Waals surface area contributed by atoms with Crippen LogP contribution in [0.2, 0.25) is 0 Å².